The van der Waals surface area contributed by atoms with Gasteiger partial charge in [-0.1, -0.05) is 29.3 Å². The van der Waals surface area contributed by atoms with Crippen molar-refractivity contribution in [2.24, 2.45) is 5.92 Å². The molecule has 0 aromatic heterocycles. The maximum atomic E-state index is 13.3. The van der Waals surface area contributed by atoms with Gasteiger partial charge in [-0.3, -0.25) is 4.79 Å². The molecule has 3 nitrogen and oxygen atoms in total. The van der Waals surface area contributed by atoms with Crippen LogP contribution in [-0.4, -0.2) is 47.4 Å². The van der Waals surface area contributed by atoms with E-state index in [2.05, 4.69) is 9.80 Å². The van der Waals surface area contributed by atoms with Crippen LogP contribution in [0.1, 0.15) is 63.4 Å². The fourth-order valence-corrected chi connectivity index (χ4v) is 5.83. The smallest absolute Gasteiger partial charge is 0.230 e. The molecule has 1 aromatic carbocycles. The van der Waals surface area contributed by atoms with Crippen molar-refractivity contribution in [1.29, 1.82) is 0 Å². The molecular weight excluding hydrogens is 379 g/mol. The van der Waals surface area contributed by atoms with E-state index in [1.54, 1.807) is 6.07 Å². The summed E-state index contributed by atoms with van der Waals surface area (Å²) in [5.74, 6) is 0.751. The largest absolute Gasteiger partial charge is 0.339 e. The van der Waals surface area contributed by atoms with Crippen LogP contribution in [0.25, 0.3) is 0 Å². The first kappa shape index (κ1) is 19.5. The molecule has 0 N–H and O–H groups in total. The summed E-state index contributed by atoms with van der Waals surface area (Å²) in [4.78, 5) is 18.2. The summed E-state index contributed by atoms with van der Waals surface area (Å²) >= 11 is 12.2. The zero-order chi connectivity index (χ0) is 19.0. The Hall–Kier alpha value is -0.770. The third-order valence-electron chi connectivity index (χ3n) is 7.04. The normalized spacial score (nSPS) is 30.2. The molecule has 148 valence electrons. The molecule has 0 radical (unpaired) electrons. The van der Waals surface area contributed by atoms with Crippen LogP contribution in [0.15, 0.2) is 18.2 Å². The molecule has 0 bridgehead atoms. The van der Waals surface area contributed by atoms with E-state index in [0.717, 1.165) is 31.0 Å². The van der Waals surface area contributed by atoms with E-state index in [1.807, 2.05) is 19.1 Å². The first-order valence-corrected chi connectivity index (χ1v) is 11.3. The molecule has 0 spiro atoms. The van der Waals surface area contributed by atoms with Gasteiger partial charge in [-0.2, -0.15) is 0 Å². The van der Waals surface area contributed by atoms with Gasteiger partial charge in [0.25, 0.3) is 0 Å². The number of fused-ring (bicyclic) bond motifs is 1. The van der Waals surface area contributed by atoms with Gasteiger partial charge in [0.2, 0.25) is 5.91 Å². The first-order valence-electron chi connectivity index (χ1n) is 10.5. The molecule has 2 aliphatic heterocycles. The van der Waals surface area contributed by atoms with Gasteiger partial charge in [-0.25, -0.2) is 0 Å². The Morgan fingerprint density at radius 2 is 1.81 bits per heavy atom. The third-order valence-corrected chi connectivity index (χ3v) is 7.78. The maximum Gasteiger partial charge on any atom is 0.230 e. The standard InChI is InChI=1S/C22H30Cl2N2O/c1-15(16-6-8-19(23)20(24)14-16)22(27)26-12-4-5-17-13-18(7-9-21(17)26)25-10-2-3-11-25/h6,8,14-15,17-18,21H,2-5,7,9-13H2,1H3. The average molecular weight is 409 g/mol. The summed E-state index contributed by atoms with van der Waals surface area (Å²) in [5.41, 5.74) is 0.960. The molecule has 2 heterocycles. The number of halogens is 2. The van der Waals surface area contributed by atoms with E-state index >= 15 is 0 Å². The Balaban J connectivity index is 1.45. The molecule has 4 rings (SSSR count). The van der Waals surface area contributed by atoms with Crippen molar-refractivity contribution in [3.63, 3.8) is 0 Å². The Kier molecular flexibility index (Phi) is 6.01. The van der Waals surface area contributed by atoms with Crippen molar-refractivity contribution < 1.29 is 4.79 Å². The molecular formula is C22H30Cl2N2O. The van der Waals surface area contributed by atoms with E-state index in [4.69, 9.17) is 23.2 Å². The molecule has 2 saturated heterocycles. The summed E-state index contributed by atoms with van der Waals surface area (Å²) in [6.07, 6.45) is 8.80. The highest BCUT2D eigenvalue weighted by molar-refractivity contribution is 6.42. The minimum atomic E-state index is -0.171. The van der Waals surface area contributed by atoms with Gasteiger partial charge in [0.1, 0.15) is 0 Å². The highest BCUT2D eigenvalue weighted by atomic mass is 35.5. The van der Waals surface area contributed by atoms with E-state index in [9.17, 15) is 4.79 Å². The molecule has 4 atom stereocenters. The van der Waals surface area contributed by atoms with Gasteiger partial charge in [-0.15, -0.1) is 0 Å². The second kappa shape index (κ2) is 8.31. The average Bonchev–Trinajstić information content (AvgIpc) is 3.23. The van der Waals surface area contributed by atoms with Crippen LogP contribution in [0.4, 0.5) is 0 Å². The van der Waals surface area contributed by atoms with Crippen molar-refractivity contribution in [2.45, 2.75) is 69.9 Å². The quantitative estimate of drug-likeness (QED) is 0.672. The molecule has 1 saturated carbocycles. The number of hydrogen-bond donors (Lipinski definition) is 0. The highest BCUT2D eigenvalue weighted by Crippen LogP contribution is 2.39. The predicted molar refractivity (Wildman–Crippen MR) is 112 cm³/mol. The summed E-state index contributed by atoms with van der Waals surface area (Å²) in [6.45, 7) is 5.46. The molecule has 1 aliphatic carbocycles. The van der Waals surface area contributed by atoms with Crippen LogP contribution in [-0.2, 0) is 4.79 Å². The fraction of sp³-hybridized carbons (Fsp3) is 0.682. The molecule has 3 fully saturated rings. The van der Waals surface area contributed by atoms with Crippen molar-refractivity contribution in [1.82, 2.24) is 9.80 Å². The van der Waals surface area contributed by atoms with Gasteiger partial charge in [-0.05, 0) is 88.6 Å². The minimum absolute atomic E-state index is 0.171. The summed E-state index contributed by atoms with van der Waals surface area (Å²) < 4.78 is 0. The number of amides is 1. The number of benzene rings is 1. The number of rotatable bonds is 3. The topological polar surface area (TPSA) is 23.6 Å². The van der Waals surface area contributed by atoms with Gasteiger partial charge in [0.15, 0.2) is 0 Å². The Morgan fingerprint density at radius 1 is 1.04 bits per heavy atom. The van der Waals surface area contributed by atoms with Crippen LogP contribution in [0, 0.1) is 5.92 Å². The third kappa shape index (κ3) is 4.02. The van der Waals surface area contributed by atoms with Crippen molar-refractivity contribution in [3.8, 4) is 0 Å². The maximum absolute atomic E-state index is 13.3. The lowest BCUT2D eigenvalue weighted by molar-refractivity contribution is -0.139. The van der Waals surface area contributed by atoms with Crippen LogP contribution >= 0.6 is 23.2 Å². The number of piperidine rings is 1. The number of hydrogen-bond acceptors (Lipinski definition) is 2. The lowest BCUT2D eigenvalue weighted by Crippen LogP contribution is -2.54. The number of carbonyl (C=O) groups is 1. The van der Waals surface area contributed by atoms with E-state index < -0.39 is 0 Å². The second-order valence-corrected chi connectivity index (χ2v) is 9.42. The zero-order valence-corrected chi connectivity index (χ0v) is 17.7. The number of likely N-dealkylation sites (tertiary alicyclic amines) is 2. The molecule has 3 aliphatic rings. The fourth-order valence-electron chi connectivity index (χ4n) is 5.52. The Morgan fingerprint density at radius 3 is 2.56 bits per heavy atom. The monoisotopic (exact) mass is 408 g/mol. The van der Waals surface area contributed by atoms with E-state index in [-0.39, 0.29) is 11.8 Å². The number of nitrogens with zero attached hydrogens (tertiary/aromatic N) is 2. The van der Waals surface area contributed by atoms with Crippen LogP contribution in [0.3, 0.4) is 0 Å². The predicted octanol–water partition coefficient (Wildman–Crippen LogP) is 5.35. The summed E-state index contributed by atoms with van der Waals surface area (Å²) in [5, 5.41) is 1.06. The molecule has 1 aromatic rings. The van der Waals surface area contributed by atoms with Crippen molar-refractivity contribution in [3.05, 3.63) is 33.8 Å². The van der Waals surface area contributed by atoms with Crippen LogP contribution < -0.4 is 0 Å². The first-order chi connectivity index (χ1) is 13.0. The second-order valence-electron chi connectivity index (χ2n) is 8.61. The lowest BCUT2D eigenvalue weighted by atomic mass is 9.75. The number of carbonyl (C=O) groups excluding carboxylic acids is 1. The zero-order valence-electron chi connectivity index (χ0n) is 16.2. The molecule has 4 unspecified atom stereocenters. The van der Waals surface area contributed by atoms with E-state index in [1.165, 1.54) is 45.2 Å². The van der Waals surface area contributed by atoms with E-state index in [0.29, 0.717) is 22.0 Å². The van der Waals surface area contributed by atoms with Crippen LogP contribution in [0.2, 0.25) is 10.0 Å². The molecule has 5 heteroatoms. The van der Waals surface area contributed by atoms with Gasteiger partial charge in [0, 0.05) is 18.6 Å². The van der Waals surface area contributed by atoms with Gasteiger partial charge in [0.05, 0.1) is 16.0 Å². The Bertz CT molecular complexity index is 689. The van der Waals surface area contributed by atoms with Gasteiger partial charge >= 0.3 is 0 Å². The molecule has 27 heavy (non-hydrogen) atoms. The molecule has 1 amide bonds. The Labute approximate surface area is 173 Å². The van der Waals surface area contributed by atoms with Crippen LogP contribution in [0.5, 0.6) is 0 Å². The minimum Gasteiger partial charge on any atom is -0.339 e. The highest BCUT2D eigenvalue weighted by Gasteiger charge is 2.41. The summed E-state index contributed by atoms with van der Waals surface area (Å²) in [7, 11) is 0. The van der Waals surface area contributed by atoms with Gasteiger partial charge < -0.3 is 9.80 Å². The van der Waals surface area contributed by atoms with Crippen molar-refractivity contribution in [2.75, 3.05) is 19.6 Å². The lowest BCUT2D eigenvalue weighted by Gasteiger charge is -2.48. The summed E-state index contributed by atoms with van der Waals surface area (Å²) in [6, 6.07) is 6.75. The SMILES string of the molecule is CC(C(=O)N1CCCC2CC(N3CCCC3)CCC21)c1ccc(Cl)c(Cl)c1. The van der Waals surface area contributed by atoms with Crippen molar-refractivity contribution >= 4 is 29.1 Å².